The van der Waals surface area contributed by atoms with E-state index in [4.69, 9.17) is 0 Å². The van der Waals surface area contributed by atoms with Crippen LogP contribution < -0.4 is 0 Å². The first-order chi connectivity index (χ1) is 14.7. The molecule has 0 N–H and O–H groups in total. The monoisotopic (exact) mass is 400 g/mol. The third-order valence-corrected chi connectivity index (χ3v) is 5.75. The third kappa shape index (κ3) is 4.92. The molecule has 30 heavy (non-hydrogen) atoms. The van der Waals surface area contributed by atoms with Gasteiger partial charge in [0.05, 0.1) is 11.6 Å². The molecule has 1 aliphatic rings. The van der Waals surface area contributed by atoms with Crippen molar-refractivity contribution in [3.8, 4) is 11.1 Å². The maximum Gasteiger partial charge on any atom is 0.227 e. The molecule has 2 aromatic heterocycles. The lowest BCUT2D eigenvalue weighted by atomic mass is 9.96. The molecule has 5 nitrogen and oxygen atoms in total. The summed E-state index contributed by atoms with van der Waals surface area (Å²) in [5.74, 6) is 0.220. The van der Waals surface area contributed by atoms with Crippen LogP contribution in [0.15, 0.2) is 73.2 Å². The fraction of sp³-hybridized carbons (Fsp3) is 0.320. The van der Waals surface area contributed by atoms with Crippen molar-refractivity contribution in [2.45, 2.75) is 19.9 Å². The number of carbonyl (C=O) groups excluding carboxylic acids is 1. The number of nitrogens with zero attached hydrogens (tertiary/aromatic N) is 4. The highest BCUT2D eigenvalue weighted by molar-refractivity contribution is 5.79. The molecule has 3 heterocycles. The van der Waals surface area contributed by atoms with Crippen LogP contribution in [0.1, 0.15) is 18.2 Å². The summed E-state index contributed by atoms with van der Waals surface area (Å²) in [5, 5.41) is 0. The second-order valence-corrected chi connectivity index (χ2v) is 7.81. The molecule has 1 aromatic carbocycles. The number of likely N-dealkylation sites (N-methyl/N-ethyl adjacent to an activating group) is 1. The van der Waals surface area contributed by atoms with Crippen molar-refractivity contribution in [2.75, 3.05) is 26.2 Å². The fourth-order valence-corrected chi connectivity index (χ4v) is 4.09. The Balaban J connectivity index is 1.49. The molecule has 1 atom stereocenters. The maximum absolute atomic E-state index is 13.1. The third-order valence-electron chi connectivity index (χ3n) is 5.75. The summed E-state index contributed by atoms with van der Waals surface area (Å²) in [6, 6.07) is 18.5. The Labute approximate surface area is 178 Å². The molecule has 0 saturated carbocycles. The Kier molecular flexibility index (Phi) is 6.50. The Hall–Kier alpha value is -3.05. The van der Waals surface area contributed by atoms with Crippen LogP contribution in [0, 0.1) is 5.92 Å². The molecule has 0 aliphatic carbocycles. The van der Waals surface area contributed by atoms with Crippen molar-refractivity contribution in [3.63, 3.8) is 0 Å². The summed E-state index contributed by atoms with van der Waals surface area (Å²) in [5.41, 5.74) is 4.49. The lowest BCUT2D eigenvalue weighted by Crippen LogP contribution is -2.37. The summed E-state index contributed by atoms with van der Waals surface area (Å²) < 4.78 is 0. The largest absolute Gasteiger partial charge is 0.341 e. The van der Waals surface area contributed by atoms with Gasteiger partial charge in [0.15, 0.2) is 0 Å². The maximum atomic E-state index is 13.1. The molecule has 1 fully saturated rings. The van der Waals surface area contributed by atoms with Gasteiger partial charge in [-0.2, -0.15) is 0 Å². The van der Waals surface area contributed by atoms with Crippen LogP contribution in [0.25, 0.3) is 11.1 Å². The van der Waals surface area contributed by atoms with Crippen molar-refractivity contribution in [1.29, 1.82) is 0 Å². The van der Waals surface area contributed by atoms with Crippen LogP contribution in [0.5, 0.6) is 0 Å². The van der Waals surface area contributed by atoms with Crippen LogP contribution in [0.4, 0.5) is 0 Å². The number of benzene rings is 1. The lowest BCUT2D eigenvalue weighted by molar-refractivity contribution is -0.134. The van der Waals surface area contributed by atoms with Gasteiger partial charge in [0.1, 0.15) is 0 Å². The number of hydrogen-bond donors (Lipinski definition) is 0. The van der Waals surface area contributed by atoms with Crippen molar-refractivity contribution >= 4 is 5.91 Å². The number of pyridine rings is 2. The van der Waals surface area contributed by atoms with Crippen molar-refractivity contribution in [1.82, 2.24) is 19.8 Å². The summed E-state index contributed by atoms with van der Waals surface area (Å²) in [7, 11) is 0. The van der Waals surface area contributed by atoms with Gasteiger partial charge in [0, 0.05) is 51.3 Å². The van der Waals surface area contributed by atoms with Gasteiger partial charge in [-0.3, -0.25) is 19.7 Å². The summed E-state index contributed by atoms with van der Waals surface area (Å²) >= 11 is 0. The van der Waals surface area contributed by atoms with Gasteiger partial charge >= 0.3 is 0 Å². The number of rotatable bonds is 6. The highest BCUT2D eigenvalue weighted by atomic mass is 16.2. The molecular weight excluding hydrogens is 372 g/mol. The average molecular weight is 401 g/mol. The SMILES string of the molecule is CCN1CCN(Cc2ccccn2)C[C@H](Cc2ccc(-c3cccnc3)cc2)C1=O. The van der Waals surface area contributed by atoms with Crippen molar-refractivity contribution in [3.05, 3.63) is 84.4 Å². The second kappa shape index (κ2) is 9.63. The van der Waals surface area contributed by atoms with E-state index >= 15 is 0 Å². The van der Waals surface area contributed by atoms with E-state index in [9.17, 15) is 4.79 Å². The topological polar surface area (TPSA) is 49.3 Å². The van der Waals surface area contributed by atoms with Gasteiger partial charge in [0.25, 0.3) is 0 Å². The first kappa shape index (κ1) is 20.2. The molecule has 5 heteroatoms. The molecule has 1 aliphatic heterocycles. The molecule has 4 rings (SSSR count). The molecule has 0 unspecified atom stereocenters. The van der Waals surface area contributed by atoms with E-state index < -0.39 is 0 Å². The van der Waals surface area contributed by atoms with Gasteiger partial charge in [-0.25, -0.2) is 0 Å². The molecule has 0 radical (unpaired) electrons. The standard InChI is InChI=1S/C25H28N4O/c1-2-29-15-14-28(19-24-7-3-4-13-27-24)18-23(25(29)30)16-20-8-10-21(11-9-20)22-6-5-12-26-17-22/h3-13,17,23H,2,14-16,18-19H2,1H3/t23-/m0/s1. The van der Waals surface area contributed by atoms with E-state index in [0.717, 1.165) is 56.0 Å². The van der Waals surface area contributed by atoms with Crippen LogP contribution in [0.2, 0.25) is 0 Å². The van der Waals surface area contributed by atoms with Crippen LogP contribution in [-0.2, 0) is 17.8 Å². The average Bonchev–Trinajstić information content (AvgIpc) is 2.94. The van der Waals surface area contributed by atoms with E-state index in [1.54, 1.807) is 6.20 Å². The van der Waals surface area contributed by atoms with Crippen LogP contribution >= 0.6 is 0 Å². The van der Waals surface area contributed by atoms with E-state index in [-0.39, 0.29) is 11.8 Å². The molecule has 1 saturated heterocycles. The van der Waals surface area contributed by atoms with E-state index in [2.05, 4.69) is 58.2 Å². The zero-order valence-electron chi connectivity index (χ0n) is 17.4. The van der Waals surface area contributed by atoms with Crippen molar-refractivity contribution in [2.24, 2.45) is 5.92 Å². The van der Waals surface area contributed by atoms with Gasteiger partial charge in [-0.05, 0) is 48.2 Å². The number of aromatic nitrogens is 2. The first-order valence-corrected chi connectivity index (χ1v) is 10.6. The van der Waals surface area contributed by atoms with E-state index in [1.807, 2.05) is 35.5 Å². The lowest BCUT2D eigenvalue weighted by Gasteiger charge is -2.23. The highest BCUT2D eigenvalue weighted by Crippen LogP contribution is 2.22. The minimum atomic E-state index is -0.0413. The Morgan fingerprint density at radius 1 is 0.967 bits per heavy atom. The Bertz CT molecular complexity index is 944. The molecule has 0 spiro atoms. The normalized spacial score (nSPS) is 17.7. The Morgan fingerprint density at radius 2 is 1.83 bits per heavy atom. The van der Waals surface area contributed by atoms with Gasteiger partial charge in [0.2, 0.25) is 5.91 Å². The molecule has 0 bridgehead atoms. The molecule has 3 aromatic rings. The molecular formula is C25H28N4O. The number of amides is 1. The number of hydrogen-bond acceptors (Lipinski definition) is 4. The zero-order valence-corrected chi connectivity index (χ0v) is 17.4. The van der Waals surface area contributed by atoms with E-state index in [1.165, 1.54) is 5.56 Å². The first-order valence-electron chi connectivity index (χ1n) is 10.6. The predicted octanol–water partition coefficient (Wildman–Crippen LogP) is 3.67. The van der Waals surface area contributed by atoms with Gasteiger partial charge in [-0.1, -0.05) is 36.4 Å². The smallest absolute Gasteiger partial charge is 0.227 e. The molecule has 154 valence electrons. The fourth-order valence-electron chi connectivity index (χ4n) is 4.09. The summed E-state index contributed by atoms with van der Waals surface area (Å²) in [4.78, 5) is 26.2. The van der Waals surface area contributed by atoms with E-state index in [0.29, 0.717) is 0 Å². The summed E-state index contributed by atoms with van der Waals surface area (Å²) in [6.07, 6.45) is 6.24. The van der Waals surface area contributed by atoms with Gasteiger partial charge in [-0.15, -0.1) is 0 Å². The van der Waals surface area contributed by atoms with Gasteiger partial charge < -0.3 is 4.90 Å². The van der Waals surface area contributed by atoms with Crippen LogP contribution in [0.3, 0.4) is 0 Å². The summed E-state index contributed by atoms with van der Waals surface area (Å²) in [6.45, 7) is 6.02. The molecule has 1 amide bonds. The quantitative estimate of drug-likeness (QED) is 0.634. The minimum absolute atomic E-state index is 0.0413. The van der Waals surface area contributed by atoms with Crippen molar-refractivity contribution < 1.29 is 4.79 Å². The highest BCUT2D eigenvalue weighted by Gasteiger charge is 2.29. The number of carbonyl (C=O) groups is 1. The minimum Gasteiger partial charge on any atom is -0.341 e. The Morgan fingerprint density at radius 3 is 2.53 bits per heavy atom. The zero-order chi connectivity index (χ0) is 20.8. The predicted molar refractivity (Wildman–Crippen MR) is 119 cm³/mol. The van der Waals surface area contributed by atoms with Crippen LogP contribution in [-0.4, -0.2) is 51.9 Å². The second-order valence-electron chi connectivity index (χ2n) is 7.81.